The maximum Gasteiger partial charge on any atom is 0.221 e. The van der Waals surface area contributed by atoms with Gasteiger partial charge < -0.3 is 20.9 Å². The molecule has 0 saturated carbocycles. The predicted molar refractivity (Wildman–Crippen MR) is 178 cm³/mol. The van der Waals surface area contributed by atoms with Gasteiger partial charge in [-0.1, -0.05) is 23.2 Å². The fourth-order valence-corrected chi connectivity index (χ4v) is 5.35. The highest BCUT2D eigenvalue weighted by Crippen LogP contribution is 2.28. The molecule has 0 aliphatic carbocycles. The normalized spacial score (nSPS) is 17.3. The average Bonchev–Trinajstić information content (AvgIpc) is 3.64. The third kappa shape index (κ3) is 13.2. The summed E-state index contributed by atoms with van der Waals surface area (Å²) in [4.78, 5) is 47.8. The molecule has 2 fully saturated rings. The Balaban J connectivity index is 0.000000255. The molecule has 3 N–H and O–H groups in total. The fourth-order valence-electron chi connectivity index (χ4n) is 4.62. The van der Waals surface area contributed by atoms with Crippen LogP contribution in [0, 0.1) is 0 Å². The number of nitrogens with two attached hydrogens (primary N) is 1. The second-order valence-electron chi connectivity index (χ2n) is 10.1. The minimum atomic E-state index is -0.305. The molecule has 2 heterocycles. The Bertz CT molecular complexity index is 1220. The summed E-state index contributed by atoms with van der Waals surface area (Å²) in [5, 5.41) is 3.95. The number of hydrogen-bond donors (Lipinski definition) is 2. The lowest BCUT2D eigenvalue weighted by Crippen LogP contribution is -2.37. The first-order valence-corrected chi connectivity index (χ1v) is 16.2. The molecule has 43 heavy (non-hydrogen) atoms. The Morgan fingerprint density at radius 2 is 1.35 bits per heavy atom. The number of hydrogen-bond acceptors (Lipinski definition) is 7. The summed E-state index contributed by atoms with van der Waals surface area (Å²) in [6, 6.07) is 10.8. The minimum Gasteiger partial charge on any atom is -0.369 e. The van der Waals surface area contributed by atoms with Crippen LogP contribution in [0.4, 0.5) is 11.4 Å². The van der Waals surface area contributed by atoms with Crippen molar-refractivity contribution in [3.05, 3.63) is 57.6 Å². The van der Waals surface area contributed by atoms with Crippen LogP contribution in [0.25, 0.3) is 0 Å². The number of carbonyl (C=O) groups excluding carboxylic acids is 4. The molecule has 0 unspecified atom stereocenters. The smallest absolute Gasteiger partial charge is 0.221 e. The molecule has 8 nitrogen and oxygen atoms in total. The molecule has 2 atom stereocenters. The third-order valence-corrected chi connectivity index (χ3v) is 7.94. The molecule has 0 aromatic heterocycles. The van der Waals surface area contributed by atoms with Gasteiger partial charge in [0.25, 0.3) is 0 Å². The van der Waals surface area contributed by atoms with Crippen molar-refractivity contribution in [2.24, 2.45) is 5.73 Å². The van der Waals surface area contributed by atoms with Crippen molar-refractivity contribution >= 4 is 93.1 Å². The zero-order valence-electron chi connectivity index (χ0n) is 23.8. The first kappa shape index (κ1) is 37.1. The van der Waals surface area contributed by atoms with E-state index in [1.165, 1.54) is 0 Å². The van der Waals surface area contributed by atoms with Crippen molar-refractivity contribution < 1.29 is 19.2 Å². The first-order chi connectivity index (χ1) is 20.6. The summed E-state index contributed by atoms with van der Waals surface area (Å²) in [6.45, 7) is 3.17. The number of amides is 1. The summed E-state index contributed by atoms with van der Waals surface area (Å²) in [5.41, 5.74) is 8.85. The zero-order chi connectivity index (χ0) is 31.8. The van der Waals surface area contributed by atoms with Crippen LogP contribution in [0.3, 0.4) is 0 Å². The van der Waals surface area contributed by atoms with Crippen molar-refractivity contribution in [2.75, 3.05) is 47.7 Å². The Hall–Kier alpha value is -2.07. The highest BCUT2D eigenvalue weighted by Gasteiger charge is 2.25. The maximum absolute atomic E-state index is 11.7. The van der Waals surface area contributed by atoms with Crippen LogP contribution in [0.5, 0.6) is 0 Å². The molecule has 2 aliphatic heterocycles. The number of nitrogens with one attached hydrogen (secondary N) is 1. The van der Waals surface area contributed by atoms with Gasteiger partial charge in [-0.05, 0) is 73.7 Å². The molecule has 236 valence electrons. The summed E-state index contributed by atoms with van der Waals surface area (Å²) in [5.74, 6) is 1.04. The third-order valence-electron chi connectivity index (χ3n) is 6.74. The van der Waals surface area contributed by atoms with Gasteiger partial charge in [0, 0.05) is 95.4 Å². The number of halogens is 5. The van der Waals surface area contributed by atoms with Gasteiger partial charge in [-0.2, -0.15) is 0 Å². The predicted octanol–water partition coefficient (Wildman–Crippen LogP) is 6.33. The zero-order valence-corrected chi connectivity index (χ0v) is 27.5. The van der Waals surface area contributed by atoms with Crippen molar-refractivity contribution in [2.45, 2.75) is 50.6 Å². The van der Waals surface area contributed by atoms with E-state index in [0.717, 1.165) is 56.4 Å². The summed E-state index contributed by atoms with van der Waals surface area (Å²) in [6.07, 6.45) is 5.73. The van der Waals surface area contributed by atoms with Gasteiger partial charge >= 0.3 is 0 Å². The van der Waals surface area contributed by atoms with Crippen LogP contribution in [0.1, 0.15) is 59.2 Å². The van der Waals surface area contributed by atoms with Gasteiger partial charge in [0.1, 0.15) is 0 Å². The maximum atomic E-state index is 11.7. The van der Waals surface area contributed by atoms with E-state index in [9.17, 15) is 19.2 Å². The van der Waals surface area contributed by atoms with E-state index >= 15 is 0 Å². The molecular formula is C30H37Cl5N4O4. The molecule has 0 radical (unpaired) electrons. The van der Waals surface area contributed by atoms with E-state index < -0.39 is 0 Å². The van der Waals surface area contributed by atoms with E-state index in [4.69, 9.17) is 63.7 Å². The molecule has 2 aliphatic rings. The van der Waals surface area contributed by atoms with Gasteiger partial charge in [-0.3, -0.25) is 19.2 Å². The number of aldehydes is 2. The van der Waals surface area contributed by atoms with E-state index in [0.29, 0.717) is 65.2 Å². The largest absolute Gasteiger partial charge is 0.369 e. The Labute approximate surface area is 278 Å². The highest BCUT2D eigenvalue weighted by molar-refractivity contribution is 6.63. The van der Waals surface area contributed by atoms with Gasteiger partial charge in [0.05, 0.1) is 0 Å². The SMILES string of the molecule is N[C@@H]1CCN(c2cc(Cl)ccc2C=O)C1.O=C(Cl)CCCCl.O=Cc1ccc(Cl)cc1N1CC[C@@H](NC(=O)CCCCl)C1. The Kier molecular flexibility index (Phi) is 17.3. The van der Waals surface area contributed by atoms with Crippen LogP contribution >= 0.6 is 58.0 Å². The number of anilines is 2. The van der Waals surface area contributed by atoms with Crippen LogP contribution in [-0.4, -0.2) is 73.7 Å². The Morgan fingerprint density at radius 3 is 1.79 bits per heavy atom. The molecule has 0 bridgehead atoms. The van der Waals surface area contributed by atoms with Crippen molar-refractivity contribution in [3.8, 4) is 0 Å². The molecule has 2 saturated heterocycles. The molecule has 4 rings (SSSR count). The van der Waals surface area contributed by atoms with E-state index in [-0.39, 0.29) is 23.2 Å². The van der Waals surface area contributed by atoms with Gasteiger partial charge in [0.15, 0.2) is 12.6 Å². The fraction of sp³-hybridized carbons (Fsp3) is 0.467. The molecule has 13 heteroatoms. The lowest BCUT2D eigenvalue weighted by Gasteiger charge is -2.21. The number of carbonyl (C=O) groups is 4. The highest BCUT2D eigenvalue weighted by atomic mass is 35.5. The minimum absolute atomic E-state index is 0.0317. The van der Waals surface area contributed by atoms with Crippen LogP contribution < -0.4 is 20.9 Å². The first-order valence-electron chi connectivity index (χ1n) is 14.0. The van der Waals surface area contributed by atoms with E-state index in [1.54, 1.807) is 30.3 Å². The molecule has 1 amide bonds. The van der Waals surface area contributed by atoms with Gasteiger partial charge in [-0.15, -0.1) is 23.2 Å². The van der Waals surface area contributed by atoms with Crippen molar-refractivity contribution in [3.63, 3.8) is 0 Å². The van der Waals surface area contributed by atoms with Crippen molar-refractivity contribution in [1.29, 1.82) is 0 Å². The number of benzene rings is 2. The Morgan fingerprint density at radius 1 is 0.837 bits per heavy atom. The lowest BCUT2D eigenvalue weighted by molar-refractivity contribution is -0.121. The molecule has 0 spiro atoms. The second kappa shape index (κ2) is 20.1. The van der Waals surface area contributed by atoms with Crippen LogP contribution in [0.15, 0.2) is 36.4 Å². The van der Waals surface area contributed by atoms with Crippen molar-refractivity contribution in [1.82, 2.24) is 5.32 Å². The molecular weight excluding hydrogens is 658 g/mol. The molecule has 2 aromatic rings. The molecule has 2 aromatic carbocycles. The van der Waals surface area contributed by atoms with Gasteiger partial charge in [-0.25, -0.2) is 0 Å². The van der Waals surface area contributed by atoms with E-state index in [2.05, 4.69) is 15.1 Å². The lowest BCUT2D eigenvalue weighted by atomic mass is 10.2. The van der Waals surface area contributed by atoms with Gasteiger partial charge in [0.2, 0.25) is 11.1 Å². The summed E-state index contributed by atoms with van der Waals surface area (Å²) >= 11 is 27.7. The monoisotopic (exact) mass is 692 g/mol. The van der Waals surface area contributed by atoms with Crippen LogP contribution in [0.2, 0.25) is 10.0 Å². The van der Waals surface area contributed by atoms with Crippen LogP contribution in [-0.2, 0) is 9.59 Å². The summed E-state index contributed by atoms with van der Waals surface area (Å²) < 4.78 is 0. The number of rotatable bonds is 11. The average molecular weight is 695 g/mol. The second-order valence-corrected chi connectivity index (χ2v) is 12.1. The standard InChI is InChI=1S/C15H18Cl2N2O2.C11H13ClN2O.C4H6Cl2O/c16-6-1-2-15(21)18-13-5-7-19(9-13)14-8-12(17)4-3-11(14)10-20;12-9-2-1-8(7-15)11(5-9)14-4-3-10(13)6-14;5-3-1-2-4(6)7/h3-4,8,10,13H,1-2,5-7,9H2,(H,18,21);1-2,5,7,10H,3-4,6,13H2;1-3H2/t13-;10-;/m11./s1. The topological polar surface area (TPSA) is 113 Å². The summed E-state index contributed by atoms with van der Waals surface area (Å²) in [7, 11) is 0. The van der Waals surface area contributed by atoms with E-state index in [1.807, 2.05) is 6.07 Å². The quantitative estimate of drug-likeness (QED) is 0.161. The number of nitrogens with zero attached hydrogens (tertiary/aromatic N) is 2. The number of alkyl halides is 2.